The molecule has 116 valence electrons. The Morgan fingerprint density at radius 3 is 2.86 bits per heavy atom. The molecule has 1 unspecified atom stereocenters. The molecule has 0 amide bonds. The van der Waals surface area contributed by atoms with Gasteiger partial charge in [-0.15, -0.1) is 0 Å². The van der Waals surface area contributed by atoms with Crippen LogP contribution in [0.3, 0.4) is 0 Å². The topological polar surface area (TPSA) is 38.5 Å². The highest BCUT2D eigenvalue weighted by molar-refractivity contribution is 5.40. The summed E-state index contributed by atoms with van der Waals surface area (Å²) in [5.74, 6) is 0. The fourth-order valence-electron chi connectivity index (χ4n) is 4.03. The summed E-state index contributed by atoms with van der Waals surface area (Å²) in [6.07, 6.45) is 8.93. The zero-order valence-electron chi connectivity index (χ0n) is 13.2. The van der Waals surface area contributed by atoms with E-state index in [-0.39, 0.29) is 5.60 Å². The first kappa shape index (κ1) is 14.9. The summed E-state index contributed by atoms with van der Waals surface area (Å²) < 4.78 is 6.21. The van der Waals surface area contributed by atoms with E-state index in [9.17, 15) is 0 Å². The summed E-state index contributed by atoms with van der Waals surface area (Å²) in [6.45, 7) is 1.90. The predicted octanol–water partition coefficient (Wildman–Crippen LogP) is 3.58. The first-order valence-corrected chi connectivity index (χ1v) is 8.36. The van der Waals surface area contributed by atoms with Crippen molar-refractivity contribution in [2.45, 2.75) is 63.1 Å². The van der Waals surface area contributed by atoms with E-state index in [0.29, 0.717) is 6.04 Å². The second kappa shape index (κ2) is 6.37. The molecular weight excluding hydrogens is 260 g/mol. The lowest BCUT2D eigenvalue weighted by molar-refractivity contribution is -0.122. The molecule has 0 radical (unpaired) electrons. The number of rotatable bonds is 3. The van der Waals surface area contributed by atoms with Gasteiger partial charge >= 0.3 is 0 Å². The summed E-state index contributed by atoms with van der Waals surface area (Å²) in [5.41, 5.74) is 8.24. The molecule has 1 heterocycles. The van der Waals surface area contributed by atoms with Gasteiger partial charge < -0.3 is 10.5 Å². The molecular formula is C18H28N2O. The van der Waals surface area contributed by atoms with Crippen LogP contribution in [0.2, 0.25) is 0 Å². The molecule has 1 aliphatic heterocycles. The van der Waals surface area contributed by atoms with Crippen molar-refractivity contribution in [2.75, 3.05) is 19.4 Å². The van der Waals surface area contributed by atoms with E-state index in [0.717, 1.165) is 25.3 Å². The highest BCUT2D eigenvalue weighted by Crippen LogP contribution is 2.39. The van der Waals surface area contributed by atoms with Crippen molar-refractivity contribution in [3.8, 4) is 0 Å². The van der Waals surface area contributed by atoms with Crippen LogP contribution in [-0.2, 0) is 11.3 Å². The first-order valence-electron chi connectivity index (χ1n) is 8.36. The molecule has 21 heavy (non-hydrogen) atoms. The first-order chi connectivity index (χ1) is 10.2. The van der Waals surface area contributed by atoms with Crippen LogP contribution >= 0.6 is 0 Å². The Kier molecular flexibility index (Phi) is 4.51. The lowest BCUT2D eigenvalue weighted by atomic mass is 9.78. The second-order valence-corrected chi connectivity index (χ2v) is 6.90. The number of nitrogens with two attached hydrogens (primary N) is 1. The molecule has 2 fully saturated rings. The highest BCUT2D eigenvalue weighted by atomic mass is 16.5. The van der Waals surface area contributed by atoms with Gasteiger partial charge in [0.15, 0.2) is 0 Å². The fraction of sp³-hybridized carbons (Fsp3) is 0.667. The number of hydrogen-bond acceptors (Lipinski definition) is 3. The minimum Gasteiger partial charge on any atom is -0.399 e. The van der Waals surface area contributed by atoms with E-state index < -0.39 is 0 Å². The lowest BCUT2D eigenvalue weighted by Crippen LogP contribution is -2.48. The molecule has 0 bridgehead atoms. The van der Waals surface area contributed by atoms with Crippen molar-refractivity contribution < 1.29 is 4.74 Å². The standard InChI is InChI=1S/C18H28N2O/c1-20(14-15-6-5-7-16(19)12-15)17-8-11-21-18(13-17)9-3-2-4-10-18/h5-7,12,17H,2-4,8-11,13-14,19H2,1H3. The molecule has 1 spiro atoms. The van der Waals surface area contributed by atoms with Gasteiger partial charge in [0.05, 0.1) is 5.60 Å². The van der Waals surface area contributed by atoms with Gasteiger partial charge in [0.25, 0.3) is 0 Å². The third-order valence-electron chi connectivity index (χ3n) is 5.24. The minimum atomic E-state index is 0.186. The van der Waals surface area contributed by atoms with Crippen LogP contribution in [-0.4, -0.2) is 30.2 Å². The molecule has 0 aromatic heterocycles. The summed E-state index contributed by atoms with van der Waals surface area (Å²) in [7, 11) is 2.25. The van der Waals surface area contributed by atoms with Gasteiger partial charge in [0, 0.05) is 24.9 Å². The zero-order chi connectivity index (χ0) is 14.7. The number of nitrogens with zero attached hydrogens (tertiary/aromatic N) is 1. The van der Waals surface area contributed by atoms with Gasteiger partial charge in [-0.3, -0.25) is 4.90 Å². The summed E-state index contributed by atoms with van der Waals surface area (Å²) in [6, 6.07) is 8.90. The summed E-state index contributed by atoms with van der Waals surface area (Å²) >= 11 is 0. The summed E-state index contributed by atoms with van der Waals surface area (Å²) in [4.78, 5) is 2.49. The normalized spacial score (nSPS) is 25.3. The quantitative estimate of drug-likeness (QED) is 0.864. The molecule has 1 saturated carbocycles. The van der Waals surface area contributed by atoms with Crippen molar-refractivity contribution >= 4 is 5.69 Å². The van der Waals surface area contributed by atoms with Gasteiger partial charge in [-0.25, -0.2) is 0 Å². The molecule has 1 aromatic rings. The minimum absolute atomic E-state index is 0.186. The Bertz CT molecular complexity index is 463. The number of nitrogen functional groups attached to an aromatic ring is 1. The van der Waals surface area contributed by atoms with Crippen LogP contribution in [0.4, 0.5) is 5.69 Å². The van der Waals surface area contributed by atoms with E-state index in [4.69, 9.17) is 10.5 Å². The van der Waals surface area contributed by atoms with Gasteiger partial charge in [-0.05, 0) is 50.4 Å². The zero-order valence-corrected chi connectivity index (χ0v) is 13.2. The number of hydrogen-bond donors (Lipinski definition) is 1. The second-order valence-electron chi connectivity index (χ2n) is 6.90. The summed E-state index contributed by atoms with van der Waals surface area (Å²) in [5, 5.41) is 0. The van der Waals surface area contributed by atoms with Crippen LogP contribution < -0.4 is 5.73 Å². The number of anilines is 1. The average molecular weight is 288 g/mol. The van der Waals surface area contributed by atoms with Crippen molar-refractivity contribution in [3.63, 3.8) is 0 Å². The van der Waals surface area contributed by atoms with Gasteiger partial charge in [-0.2, -0.15) is 0 Å². The predicted molar refractivity (Wildman–Crippen MR) is 87.1 cm³/mol. The Morgan fingerprint density at radius 2 is 2.10 bits per heavy atom. The van der Waals surface area contributed by atoms with Crippen molar-refractivity contribution in [1.29, 1.82) is 0 Å². The van der Waals surface area contributed by atoms with E-state index in [1.54, 1.807) is 0 Å². The third kappa shape index (κ3) is 3.58. The largest absolute Gasteiger partial charge is 0.399 e. The van der Waals surface area contributed by atoms with Gasteiger partial charge in [0.1, 0.15) is 0 Å². The van der Waals surface area contributed by atoms with E-state index >= 15 is 0 Å². The number of ether oxygens (including phenoxy) is 1. The maximum Gasteiger partial charge on any atom is 0.0697 e. The molecule has 1 aromatic carbocycles. The molecule has 3 heteroatoms. The van der Waals surface area contributed by atoms with Crippen molar-refractivity contribution in [1.82, 2.24) is 4.90 Å². The Hall–Kier alpha value is -1.06. The molecule has 1 saturated heterocycles. The molecule has 2 N–H and O–H groups in total. The van der Waals surface area contributed by atoms with Crippen molar-refractivity contribution in [2.24, 2.45) is 0 Å². The fourth-order valence-corrected chi connectivity index (χ4v) is 4.03. The SMILES string of the molecule is CN(Cc1cccc(N)c1)C1CCOC2(CCCCC2)C1. The monoisotopic (exact) mass is 288 g/mol. The van der Waals surface area contributed by atoms with Crippen LogP contribution in [0.5, 0.6) is 0 Å². The van der Waals surface area contributed by atoms with E-state index in [1.165, 1.54) is 44.1 Å². The average Bonchev–Trinajstić information content (AvgIpc) is 2.48. The van der Waals surface area contributed by atoms with E-state index in [2.05, 4.69) is 24.1 Å². The molecule has 1 aliphatic carbocycles. The molecule has 3 rings (SSSR count). The smallest absolute Gasteiger partial charge is 0.0697 e. The van der Waals surface area contributed by atoms with Crippen LogP contribution in [0.1, 0.15) is 50.5 Å². The van der Waals surface area contributed by atoms with E-state index in [1.807, 2.05) is 12.1 Å². The van der Waals surface area contributed by atoms with Crippen LogP contribution in [0.25, 0.3) is 0 Å². The lowest BCUT2D eigenvalue weighted by Gasteiger charge is -2.46. The highest BCUT2D eigenvalue weighted by Gasteiger charge is 2.39. The molecule has 1 atom stereocenters. The maximum absolute atomic E-state index is 6.21. The van der Waals surface area contributed by atoms with Crippen LogP contribution in [0, 0.1) is 0 Å². The third-order valence-corrected chi connectivity index (χ3v) is 5.24. The maximum atomic E-state index is 6.21. The Morgan fingerprint density at radius 1 is 1.29 bits per heavy atom. The molecule has 2 aliphatic rings. The van der Waals surface area contributed by atoms with Gasteiger partial charge in [0.2, 0.25) is 0 Å². The Labute approximate surface area is 128 Å². The van der Waals surface area contributed by atoms with Crippen LogP contribution in [0.15, 0.2) is 24.3 Å². The van der Waals surface area contributed by atoms with Gasteiger partial charge in [-0.1, -0.05) is 31.4 Å². The Balaban J connectivity index is 1.62. The van der Waals surface area contributed by atoms with Crippen molar-refractivity contribution in [3.05, 3.63) is 29.8 Å². The number of benzene rings is 1. The molecule has 3 nitrogen and oxygen atoms in total.